The lowest BCUT2D eigenvalue weighted by Crippen LogP contribution is -2.24. The first kappa shape index (κ1) is 16.4. The van der Waals surface area contributed by atoms with Gasteiger partial charge in [0.25, 0.3) is 5.91 Å². The van der Waals surface area contributed by atoms with Crippen molar-refractivity contribution in [1.29, 1.82) is 0 Å². The fourth-order valence-electron chi connectivity index (χ4n) is 1.65. The Balaban J connectivity index is 2.48. The Bertz CT molecular complexity index is 861. The summed E-state index contributed by atoms with van der Waals surface area (Å²) in [6, 6.07) is 5.28. The lowest BCUT2D eigenvalue weighted by atomic mass is 10.2. The lowest BCUT2D eigenvalue weighted by Gasteiger charge is -2.10. The molecule has 0 spiro atoms. The van der Waals surface area contributed by atoms with E-state index in [2.05, 4.69) is 15.0 Å². The molecule has 0 aliphatic heterocycles. The summed E-state index contributed by atoms with van der Waals surface area (Å²) in [6.07, 6.45) is 3.69. The number of ether oxygens (including phenoxy) is 1. The molecule has 0 saturated heterocycles. The van der Waals surface area contributed by atoms with Gasteiger partial charge in [-0.25, -0.2) is 18.4 Å². The van der Waals surface area contributed by atoms with Gasteiger partial charge < -0.3 is 16.2 Å². The predicted molar refractivity (Wildman–Crippen MR) is 81.8 cm³/mol. The number of nitrogens with zero attached hydrogens (tertiary/aromatic N) is 3. The molecule has 0 aliphatic carbocycles. The Morgan fingerprint density at radius 3 is 2.57 bits per heavy atom. The van der Waals surface area contributed by atoms with Gasteiger partial charge in [0, 0.05) is 24.1 Å². The van der Waals surface area contributed by atoms with Crippen molar-refractivity contribution in [3.63, 3.8) is 0 Å². The Morgan fingerprint density at radius 2 is 2.00 bits per heavy atom. The highest BCUT2D eigenvalue weighted by atomic mass is 32.2. The summed E-state index contributed by atoms with van der Waals surface area (Å²) < 4.78 is 29.3. The van der Waals surface area contributed by atoms with Gasteiger partial charge in [-0.05, 0) is 18.2 Å². The van der Waals surface area contributed by atoms with Crippen molar-refractivity contribution in [2.75, 3.05) is 6.26 Å². The molecular formula is C13H13N5O4S. The second kappa shape index (κ2) is 6.40. The van der Waals surface area contributed by atoms with E-state index in [9.17, 15) is 13.2 Å². The smallest absolute Gasteiger partial charge is 0.280 e. The van der Waals surface area contributed by atoms with Crippen LogP contribution in [0.5, 0.6) is 11.6 Å². The van der Waals surface area contributed by atoms with Gasteiger partial charge in [-0.15, -0.1) is 0 Å². The number of rotatable bonds is 4. The molecule has 0 radical (unpaired) electrons. The molecule has 10 heteroatoms. The topological polar surface area (TPSA) is 151 Å². The molecule has 4 N–H and O–H groups in total. The zero-order chi connectivity index (χ0) is 17.0. The number of nitrogens with two attached hydrogens (primary N) is 2. The van der Waals surface area contributed by atoms with E-state index in [0.717, 1.165) is 12.3 Å². The minimum Gasteiger partial charge on any atom is -0.438 e. The van der Waals surface area contributed by atoms with Gasteiger partial charge in [0.1, 0.15) is 17.0 Å². The molecule has 0 aliphatic rings. The quantitative estimate of drug-likeness (QED) is 0.589. The largest absolute Gasteiger partial charge is 0.438 e. The second-order valence-corrected chi connectivity index (χ2v) is 6.41. The van der Waals surface area contributed by atoms with Crippen LogP contribution in [-0.2, 0) is 9.84 Å². The monoisotopic (exact) mass is 335 g/mol. The number of aliphatic imine (C=N–C) groups is 1. The number of carbonyl (C=O) groups is 1. The maximum atomic E-state index is 11.9. The summed E-state index contributed by atoms with van der Waals surface area (Å²) >= 11 is 0. The molecule has 0 saturated carbocycles. The van der Waals surface area contributed by atoms with Crippen molar-refractivity contribution < 1.29 is 17.9 Å². The zero-order valence-corrected chi connectivity index (χ0v) is 12.8. The molecule has 1 aromatic heterocycles. The highest BCUT2D eigenvalue weighted by Gasteiger charge is 2.19. The highest BCUT2D eigenvalue weighted by molar-refractivity contribution is 7.90. The van der Waals surface area contributed by atoms with Crippen LogP contribution in [0.4, 0.5) is 0 Å². The van der Waals surface area contributed by atoms with Crippen LogP contribution in [0.15, 0.2) is 46.7 Å². The van der Waals surface area contributed by atoms with Gasteiger partial charge in [-0.2, -0.15) is 4.99 Å². The van der Waals surface area contributed by atoms with E-state index >= 15 is 0 Å². The fraction of sp³-hybridized carbons (Fsp3) is 0.0769. The van der Waals surface area contributed by atoms with Crippen molar-refractivity contribution in [3.05, 3.63) is 42.4 Å². The van der Waals surface area contributed by atoms with Gasteiger partial charge in [0.05, 0.1) is 0 Å². The number of carbonyl (C=O) groups excluding carboxylic acids is 1. The molecule has 23 heavy (non-hydrogen) atoms. The van der Waals surface area contributed by atoms with E-state index in [1.54, 1.807) is 0 Å². The Morgan fingerprint density at radius 1 is 1.26 bits per heavy atom. The summed E-state index contributed by atoms with van der Waals surface area (Å²) in [5.74, 6) is -0.999. The van der Waals surface area contributed by atoms with Crippen LogP contribution in [0.25, 0.3) is 0 Å². The van der Waals surface area contributed by atoms with Gasteiger partial charge >= 0.3 is 0 Å². The van der Waals surface area contributed by atoms with E-state index < -0.39 is 21.7 Å². The molecule has 9 nitrogen and oxygen atoms in total. The van der Waals surface area contributed by atoms with E-state index in [1.807, 2.05) is 0 Å². The predicted octanol–water partition coefficient (Wildman–Crippen LogP) is 0.0860. The van der Waals surface area contributed by atoms with Crippen molar-refractivity contribution in [2.45, 2.75) is 4.90 Å². The average molecular weight is 335 g/mol. The number of sulfone groups is 1. The second-order valence-electron chi connectivity index (χ2n) is 4.43. The summed E-state index contributed by atoms with van der Waals surface area (Å²) in [5.41, 5.74) is 10.3. The molecule has 2 rings (SSSR count). The molecular weight excluding hydrogens is 322 g/mol. The Labute approximate surface area is 131 Å². The first-order valence-corrected chi connectivity index (χ1v) is 8.08. The van der Waals surface area contributed by atoms with Gasteiger partial charge in [-0.1, -0.05) is 0 Å². The van der Waals surface area contributed by atoms with Crippen LogP contribution in [-0.4, -0.2) is 36.5 Å². The van der Waals surface area contributed by atoms with Crippen molar-refractivity contribution in [2.24, 2.45) is 16.5 Å². The summed E-state index contributed by atoms with van der Waals surface area (Å²) in [6.45, 7) is 0. The van der Waals surface area contributed by atoms with Crippen molar-refractivity contribution >= 4 is 21.7 Å². The highest BCUT2D eigenvalue weighted by Crippen LogP contribution is 2.29. The van der Waals surface area contributed by atoms with E-state index in [4.69, 9.17) is 16.2 Å². The summed E-state index contributed by atoms with van der Waals surface area (Å²) in [5, 5.41) is 0. The molecule has 0 unspecified atom stereocenters. The number of aromatic nitrogens is 2. The first-order chi connectivity index (χ1) is 10.8. The van der Waals surface area contributed by atoms with Crippen LogP contribution >= 0.6 is 0 Å². The molecule has 0 fully saturated rings. The Kier molecular flexibility index (Phi) is 4.55. The van der Waals surface area contributed by atoms with Crippen molar-refractivity contribution in [3.8, 4) is 11.6 Å². The number of guanidine groups is 1. The number of benzene rings is 1. The maximum absolute atomic E-state index is 11.9. The van der Waals surface area contributed by atoms with Crippen LogP contribution in [0.1, 0.15) is 10.4 Å². The van der Waals surface area contributed by atoms with Crippen LogP contribution < -0.4 is 16.2 Å². The van der Waals surface area contributed by atoms with Crippen molar-refractivity contribution in [1.82, 2.24) is 9.97 Å². The van der Waals surface area contributed by atoms with Gasteiger partial charge in [-0.3, -0.25) is 4.79 Å². The number of hydrogen-bond donors (Lipinski definition) is 2. The number of hydrogen-bond acceptors (Lipinski definition) is 6. The normalized spacial score (nSPS) is 10.8. The Hall–Kier alpha value is -3.01. The fourth-order valence-corrected chi connectivity index (χ4v) is 2.46. The maximum Gasteiger partial charge on any atom is 0.280 e. The van der Waals surface area contributed by atoms with E-state index in [1.165, 1.54) is 30.7 Å². The van der Waals surface area contributed by atoms with Gasteiger partial charge in [0.15, 0.2) is 15.8 Å². The summed E-state index contributed by atoms with van der Waals surface area (Å²) in [4.78, 5) is 22.5. The minimum absolute atomic E-state index is 0.00821. The molecule has 1 heterocycles. The molecule has 2 aromatic rings. The third kappa shape index (κ3) is 4.23. The molecule has 1 aromatic carbocycles. The first-order valence-electron chi connectivity index (χ1n) is 6.19. The molecule has 1 amide bonds. The van der Waals surface area contributed by atoms with Gasteiger partial charge in [0.2, 0.25) is 5.88 Å². The molecule has 120 valence electrons. The molecule has 0 atom stereocenters. The minimum atomic E-state index is -3.67. The standard InChI is InChI=1S/C13H13N5O4S/c1-23(20,21)10-6-8(12(19)18-13(14)15)2-3-9(10)22-11-4-5-16-7-17-11/h2-7H,1H3,(H4,14,15,18,19). The lowest BCUT2D eigenvalue weighted by molar-refractivity contribution is 0.100. The van der Waals surface area contributed by atoms with Crippen LogP contribution in [0.2, 0.25) is 0 Å². The third-order valence-electron chi connectivity index (χ3n) is 2.59. The third-order valence-corrected chi connectivity index (χ3v) is 3.71. The zero-order valence-electron chi connectivity index (χ0n) is 12.0. The summed E-state index contributed by atoms with van der Waals surface area (Å²) in [7, 11) is -3.67. The van der Waals surface area contributed by atoms with Crippen LogP contribution in [0.3, 0.4) is 0 Å². The SMILES string of the molecule is CS(=O)(=O)c1cc(C(=O)N=C(N)N)ccc1Oc1ccncn1. The number of amides is 1. The average Bonchev–Trinajstić information content (AvgIpc) is 2.46. The van der Waals surface area contributed by atoms with Crippen LogP contribution in [0, 0.1) is 0 Å². The van der Waals surface area contributed by atoms with E-state index in [0.29, 0.717) is 0 Å². The molecule has 0 bridgehead atoms. The van der Waals surface area contributed by atoms with E-state index in [-0.39, 0.29) is 22.1 Å².